The number of hydrogen-bond acceptors (Lipinski definition) is 3. The Labute approximate surface area is 151 Å². The van der Waals surface area contributed by atoms with Crippen LogP contribution >= 0.6 is 0 Å². The van der Waals surface area contributed by atoms with E-state index in [1.807, 2.05) is 11.5 Å². The summed E-state index contributed by atoms with van der Waals surface area (Å²) in [5.41, 5.74) is 0. The van der Waals surface area contributed by atoms with Gasteiger partial charge in [0, 0.05) is 6.92 Å². The number of rotatable bonds is 5. The van der Waals surface area contributed by atoms with E-state index in [1.165, 1.54) is 0 Å². The SMILES string of the molecule is CCC(C(=O)O[Si](C)(C)C(C)(C)C)N(C(C)=O)[Si](C)(C)C(C)(C)C. The quantitative estimate of drug-likeness (QED) is 0.625. The number of carbonyl (C=O) groups is 2. The summed E-state index contributed by atoms with van der Waals surface area (Å²) < 4.78 is 7.89. The number of hydrogen-bond donors (Lipinski definition) is 0. The molecule has 1 unspecified atom stereocenters. The van der Waals surface area contributed by atoms with Crippen LogP contribution in [0, 0.1) is 0 Å². The van der Waals surface area contributed by atoms with Gasteiger partial charge in [0.2, 0.25) is 5.91 Å². The number of amides is 1. The molecule has 0 heterocycles. The molecule has 0 saturated carbocycles. The summed E-state index contributed by atoms with van der Waals surface area (Å²) in [6.07, 6.45) is 0.583. The van der Waals surface area contributed by atoms with Gasteiger partial charge in [-0.1, -0.05) is 61.6 Å². The van der Waals surface area contributed by atoms with Gasteiger partial charge < -0.3 is 8.99 Å². The Balaban J connectivity index is 5.79. The standard InChI is InChI=1S/C18H39NO3Si2/c1-13-15(16(21)22-24(11,12)18(6,7)8)19(14(2)20)23(9,10)17(3,4)5/h15H,13H2,1-12H3. The molecule has 1 amide bonds. The molecular formula is C18H39NO3Si2. The van der Waals surface area contributed by atoms with Gasteiger partial charge in [0.25, 0.3) is 8.32 Å². The lowest BCUT2D eigenvalue weighted by Gasteiger charge is -2.49. The molecule has 0 rings (SSSR count). The molecular weight excluding hydrogens is 334 g/mol. The zero-order valence-corrected chi connectivity index (χ0v) is 20.0. The van der Waals surface area contributed by atoms with Crippen molar-refractivity contribution in [2.24, 2.45) is 0 Å². The summed E-state index contributed by atoms with van der Waals surface area (Å²) in [5, 5.41) is -0.0671. The molecule has 0 aliphatic carbocycles. The van der Waals surface area contributed by atoms with E-state index in [9.17, 15) is 9.59 Å². The summed E-state index contributed by atoms with van der Waals surface area (Å²) in [6, 6.07) is -0.488. The van der Waals surface area contributed by atoms with Gasteiger partial charge >= 0.3 is 5.97 Å². The lowest BCUT2D eigenvalue weighted by atomic mass is 10.2. The molecule has 0 aromatic rings. The Bertz CT molecular complexity index is 474. The van der Waals surface area contributed by atoms with Gasteiger partial charge in [-0.05, 0) is 29.6 Å². The Kier molecular flexibility index (Phi) is 7.13. The highest BCUT2D eigenvalue weighted by molar-refractivity contribution is 6.80. The van der Waals surface area contributed by atoms with Crippen molar-refractivity contribution in [2.75, 3.05) is 0 Å². The van der Waals surface area contributed by atoms with Crippen molar-refractivity contribution < 1.29 is 14.0 Å². The van der Waals surface area contributed by atoms with Gasteiger partial charge in [-0.2, -0.15) is 0 Å². The number of nitrogens with zero attached hydrogens (tertiary/aromatic N) is 1. The van der Waals surface area contributed by atoms with Crippen LogP contribution in [-0.2, 0) is 14.0 Å². The molecule has 0 aromatic heterocycles. The molecule has 0 saturated heterocycles. The van der Waals surface area contributed by atoms with Crippen LogP contribution in [0.4, 0.5) is 0 Å². The van der Waals surface area contributed by atoms with Crippen LogP contribution < -0.4 is 0 Å². The van der Waals surface area contributed by atoms with Crippen molar-refractivity contribution in [2.45, 2.75) is 104 Å². The fraction of sp³-hybridized carbons (Fsp3) is 0.889. The van der Waals surface area contributed by atoms with Crippen molar-refractivity contribution in [3.63, 3.8) is 0 Å². The average molecular weight is 374 g/mol. The van der Waals surface area contributed by atoms with E-state index in [0.29, 0.717) is 6.42 Å². The van der Waals surface area contributed by atoms with Crippen molar-refractivity contribution >= 4 is 28.4 Å². The first-order chi connectivity index (χ1) is 10.4. The zero-order valence-electron chi connectivity index (χ0n) is 18.0. The van der Waals surface area contributed by atoms with Crippen LogP contribution in [0.1, 0.15) is 61.8 Å². The Hall–Kier alpha value is -0.626. The van der Waals surface area contributed by atoms with E-state index >= 15 is 0 Å². The second-order valence-electron chi connectivity index (χ2n) is 9.80. The summed E-state index contributed by atoms with van der Waals surface area (Å²) in [4.78, 5) is 25.5. The molecule has 4 nitrogen and oxygen atoms in total. The molecule has 0 aromatic carbocycles. The van der Waals surface area contributed by atoms with Crippen molar-refractivity contribution in [1.82, 2.24) is 4.57 Å². The van der Waals surface area contributed by atoms with Crippen molar-refractivity contribution in [3.8, 4) is 0 Å². The van der Waals surface area contributed by atoms with Crippen LogP contribution in [0.15, 0.2) is 0 Å². The Morgan fingerprint density at radius 2 is 1.38 bits per heavy atom. The summed E-state index contributed by atoms with van der Waals surface area (Å²) >= 11 is 0. The third kappa shape index (κ3) is 4.94. The third-order valence-corrected chi connectivity index (χ3v) is 15.7. The Morgan fingerprint density at radius 3 is 1.62 bits per heavy atom. The van der Waals surface area contributed by atoms with E-state index in [2.05, 4.69) is 67.7 Å². The fourth-order valence-electron chi connectivity index (χ4n) is 2.29. The lowest BCUT2D eigenvalue weighted by molar-refractivity contribution is -0.145. The molecule has 0 aliphatic heterocycles. The maximum Gasteiger partial charge on any atom is 0.314 e. The van der Waals surface area contributed by atoms with Crippen LogP contribution in [-0.4, -0.2) is 39.0 Å². The molecule has 24 heavy (non-hydrogen) atoms. The van der Waals surface area contributed by atoms with Crippen LogP contribution in [0.5, 0.6) is 0 Å². The minimum atomic E-state index is -2.20. The predicted molar refractivity (Wildman–Crippen MR) is 107 cm³/mol. The molecule has 0 fully saturated rings. The van der Waals surface area contributed by atoms with Crippen LogP contribution in [0.2, 0.25) is 36.3 Å². The first kappa shape index (κ1) is 23.4. The summed E-state index contributed by atoms with van der Waals surface area (Å²) in [5.74, 6) is -0.260. The molecule has 142 valence electrons. The first-order valence-corrected chi connectivity index (χ1v) is 14.8. The van der Waals surface area contributed by atoms with E-state index in [1.54, 1.807) is 6.92 Å². The maximum absolute atomic E-state index is 13.0. The Morgan fingerprint density at radius 1 is 0.958 bits per heavy atom. The predicted octanol–water partition coefficient (Wildman–Crippen LogP) is 5.17. The van der Waals surface area contributed by atoms with Gasteiger partial charge in [-0.3, -0.25) is 9.59 Å². The van der Waals surface area contributed by atoms with E-state index in [-0.39, 0.29) is 22.0 Å². The number of carbonyl (C=O) groups excluding carboxylic acids is 2. The van der Waals surface area contributed by atoms with Crippen molar-refractivity contribution in [1.29, 1.82) is 0 Å². The molecule has 0 aliphatic rings. The second kappa shape index (κ2) is 7.32. The summed E-state index contributed by atoms with van der Waals surface area (Å²) in [7, 11) is -4.37. The van der Waals surface area contributed by atoms with Gasteiger partial charge in [-0.25, -0.2) is 0 Å². The topological polar surface area (TPSA) is 46.6 Å². The maximum atomic E-state index is 13.0. The largest absolute Gasteiger partial charge is 0.518 e. The monoisotopic (exact) mass is 373 g/mol. The van der Waals surface area contributed by atoms with Gasteiger partial charge in [0.15, 0.2) is 8.24 Å². The summed E-state index contributed by atoms with van der Waals surface area (Å²) in [6.45, 7) is 24.8. The van der Waals surface area contributed by atoms with Crippen LogP contribution in [0.3, 0.4) is 0 Å². The molecule has 0 spiro atoms. The molecule has 0 radical (unpaired) electrons. The lowest BCUT2D eigenvalue weighted by Crippen LogP contribution is -2.63. The first-order valence-electron chi connectivity index (χ1n) is 8.93. The highest BCUT2D eigenvalue weighted by atomic mass is 28.4. The minimum Gasteiger partial charge on any atom is -0.518 e. The minimum absolute atomic E-state index is 0.0245. The molecule has 6 heteroatoms. The molecule has 1 atom stereocenters. The van der Waals surface area contributed by atoms with Gasteiger partial charge in [0.05, 0.1) is 0 Å². The van der Waals surface area contributed by atoms with Gasteiger partial charge in [0.1, 0.15) is 6.04 Å². The fourth-order valence-corrected chi connectivity index (χ4v) is 5.81. The highest BCUT2D eigenvalue weighted by Gasteiger charge is 2.49. The van der Waals surface area contributed by atoms with Gasteiger partial charge in [-0.15, -0.1) is 0 Å². The second-order valence-corrected chi connectivity index (χ2v) is 19.6. The van der Waals surface area contributed by atoms with E-state index < -0.39 is 22.6 Å². The zero-order chi connectivity index (χ0) is 19.7. The highest BCUT2D eigenvalue weighted by Crippen LogP contribution is 2.41. The van der Waals surface area contributed by atoms with E-state index in [4.69, 9.17) is 4.43 Å². The molecule has 0 N–H and O–H groups in total. The van der Waals surface area contributed by atoms with Crippen molar-refractivity contribution in [3.05, 3.63) is 0 Å². The van der Waals surface area contributed by atoms with Crippen LogP contribution in [0.25, 0.3) is 0 Å². The molecule has 0 bridgehead atoms. The third-order valence-electron chi connectivity index (χ3n) is 5.91. The normalized spacial score (nSPS) is 15.0. The average Bonchev–Trinajstić information content (AvgIpc) is 2.30. The smallest absolute Gasteiger partial charge is 0.314 e. The van der Waals surface area contributed by atoms with E-state index in [0.717, 1.165) is 0 Å².